The fourth-order valence-corrected chi connectivity index (χ4v) is 1.34. The van der Waals surface area contributed by atoms with Crippen LogP contribution in [0.2, 0.25) is 0 Å². The smallest absolute Gasteiger partial charge is 0.149 e. The van der Waals surface area contributed by atoms with Gasteiger partial charge in [-0.25, -0.2) is 5.43 Å². The molecule has 0 spiro atoms. The SMILES string of the molecule is CNNOc1ccc(-c2ccccn2)cc1. The molecule has 2 aromatic rings. The van der Waals surface area contributed by atoms with Crippen LogP contribution >= 0.6 is 0 Å². The predicted octanol–water partition coefficient (Wildman–Crippen LogP) is 1.77. The van der Waals surface area contributed by atoms with Crippen molar-refractivity contribution in [1.29, 1.82) is 0 Å². The minimum absolute atomic E-state index is 0.744. The summed E-state index contributed by atoms with van der Waals surface area (Å²) in [4.78, 5) is 9.44. The first-order chi connectivity index (χ1) is 7.90. The minimum atomic E-state index is 0.744. The van der Waals surface area contributed by atoms with Gasteiger partial charge in [-0.3, -0.25) is 4.98 Å². The number of nitrogens with one attached hydrogen (secondary N) is 2. The highest BCUT2D eigenvalue weighted by atomic mass is 16.7. The Labute approximate surface area is 94.2 Å². The van der Waals surface area contributed by atoms with Crippen LogP contribution in [0.4, 0.5) is 0 Å². The number of aromatic nitrogens is 1. The summed E-state index contributed by atoms with van der Waals surface area (Å²) in [6.07, 6.45) is 1.78. The van der Waals surface area contributed by atoms with E-state index in [0.717, 1.165) is 17.0 Å². The van der Waals surface area contributed by atoms with Crippen molar-refractivity contribution in [3.63, 3.8) is 0 Å². The molecule has 4 nitrogen and oxygen atoms in total. The third-order valence-electron chi connectivity index (χ3n) is 2.09. The van der Waals surface area contributed by atoms with E-state index in [2.05, 4.69) is 16.0 Å². The van der Waals surface area contributed by atoms with Gasteiger partial charge in [-0.15, -0.1) is 0 Å². The van der Waals surface area contributed by atoms with Crippen molar-refractivity contribution in [2.24, 2.45) is 0 Å². The van der Waals surface area contributed by atoms with E-state index in [4.69, 9.17) is 4.84 Å². The summed E-state index contributed by atoms with van der Waals surface area (Å²) in [5, 5.41) is 0. The topological polar surface area (TPSA) is 46.2 Å². The lowest BCUT2D eigenvalue weighted by Crippen LogP contribution is -2.30. The van der Waals surface area contributed by atoms with Gasteiger partial charge >= 0.3 is 0 Å². The molecule has 0 amide bonds. The molecular weight excluding hydrogens is 202 g/mol. The Morgan fingerprint density at radius 1 is 1.06 bits per heavy atom. The van der Waals surface area contributed by atoms with Gasteiger partial charge < -0.3 is 4.84 Å². The van der Waals surface area contributed by atoms with Crippen LogP contribution < -0.4 is 15.9 Å². The van der Waals surface area contributed by atoms with Gasteiger partial charge in [0.25, 0.3) is 0 Å². The molecular formula is C12H13N3O. The monoisotopic (exact) mass is 215 g/mol. The summed E-state index contributed by atoms with van der Waals surface area (Å²) in [5.41, 5.74) is 7.26. The Balaban J connectivity index is 2.13. The third kappa shape index (κ3) is 2.56. The van der Waals surface area contributed by atoms with Crippen LogP contribution in [0, 0.1) is 0 Å². The Morgan fingerprint density at radius 2 is 1.88 bits per heavy atom. The van der Waals surface area contributed by atoms with E-state index in [-0.39, 0.29) is 0 Å². The van der Waals surface area contributed by atoms with E-state index >= 15 is 0 Å². The van der Waals surface area contributed by atoms with Crippen LogP contribution in [-0.2, 0) is 0 Å². The van der Waals surface area contributed by atoms with Crippen LogP contribution in [0.3, 0.4) is 0 Å². The zero-order chi connectivity index (χ0) is 11.2. The van der Waals surface area contributed by atoms with Crippen LogP contribution in [0.5, 0.6) is 5.75 Å². The molecule has 0 aliphatic heterocycles. The highest BCUT2D eigenvalue weighted by molar-refractivity contribution is 5.59. The average Bonchev–Trinajstić information content (AvgIpc) is 2.38. The molecule has 1 aromatic heterocycles. The molecule has 1 aromatic carbocycles. The lowest BCUT2D eigenvalue weighted by Gasteiger charge is -2.06. The van der Waals surface area contributed by atoms with Gasteiger partial charge in [-0.1, -0.05) is 11.7 Å². The van der Waals surface area contributed by atoms with Crippen LogP contribution in [0.15, 0.2) is 48.7 Å². The molecule has 0 radical (unpaired) electrons. The van der Waals surface area contributed by atoms with Gasteiger partial charge in [0.15, 0.2) is 0 Å². The normalized spacial score (nSPS) is 10.1. The van der Waals surface area contributed by atoms with Gasteiger partial charge in [-0.2, -0.15) is 0 Å². The number of hydrogen-bond donors (Lipinski definition) is 2. The molecule has 0 bridgehead atoms. The number of benzene rings is 1. The van der Waals surface area contributed by atoms with E-state index in [1.54, 1.807) is 13.2 Å². The summed E-state index contributed by atoms with van der Waals surface area (Å²) in [5.74, 6) is 0.744. The van der Waals surface area contributed by atoms with Crippen LogP contribution in [-0.4, -0.2) is 12.0 Å². The first-order valence-corrected chi connectivity index (χ1v) is 5.00. The van der Waals surface area contributed by atoms with Crippen molar-refractivity contribution < 1.29 is 4.84 Å². The maximum Gasteiger partial charge on any atom is 0.149 e. The molecule has 2 N–H and O–H groups in total. The quantitative estimate of drug-likeness (QED) is 0.763. The summed E-state index contributed by atoms with van der Waals surface area (Å²) in [6.45, 7) is 0. The molecule has 4 heteroatoms. The Morgan fingerprint density at radius 3 is 2.50 bits per heavy atom. The van der Waals surface area contributed by atoms with Gasteiger partial charge in [0.2, 0.25) is 0 Å². The average molecular weight is 215 g/mol. The number of pyridine rings is 1. The minimum Gasteiger partial charge on any atom is -0.394 e. The van der Waals surface area contributed by atoms with E-state index in [1.807, 2.05) is 42.5 Å². The zero-order valence-electron chi connectivity index (χ0n) is 8.97. The van der Waals surface area contributed by atoms with Gasteiger partial charge in [-0.05, 0) is 36.4 Å². The van der Waals surface area contributed by atoms with Crippen molar-refractivity contribution in [2.75, 3.05) is 7.05 Å². The second-order valence-corrected chi connectivity index (χ2v) is 3.19. The molecule has 0 unspecified atom stereocenters. The molecule has 0 fully saturated rings. The van der Waals surface area contributed by atoms with Gasteiger partial charge in [0.1, 0.15) is 5.75 Å². The molecule has 16 heavy (non-hydrogen) atoms. The first kappa shape index (κ1) is 10.6. The molecule has 1 heterocycles. The molecule has 0 atom stereocenters. The van der Waals surface area contributed by atoms with Crippen LogP contribution in [0.25, 0.3) is 11.3 Å². The third-order valence-corrected chi connectivity index (χ3v) is 2.09. The Hall–Kier alpha value is -1.91. The van der Waals surface area contributed by atoms with E-state index in [1.165, 1.54) is 0 Å². The Kier molecular flexibility index (Phi) is 3.48. The van der Waals surface area contributed by atoms with Crippen LogP contribution in [0.1, 0.15) is 0 Å². The molecule has 0 saturated heterocycles. The molecule has 82 valence electrons. The predicted molar refractivity (Wildman–Crippen MR) is 62.5 cm³/mol. The van der Waals surface area contributed by atoms with Gasteiger partial charge in [0, 0.05) is 18.8 Å². The number of hydrazine groups is 1. The van der Waals surface area contributed by atoms with Crippen molar-refractivity contribution >= 4 is 0 Å². The maximum atomic E-state index is 5.16. The maximum absolute atomic E-state index is 5.16. The summed E-state index contributed by atoms with van der Waals surface area (Å²) in [6, 6.07) is 13.5. The lowest BCUT2D eigenvalue weighted by atomic mass is 10.1. The fraction of sp³-hybridized carbons (Fsp3) is 0.0833. The molecule has 2 rings (SSSR count). The van der Waals surface area contributed by atoms with Crippen molar-refractivity contribution in [3.05, 3.63) is 48.7 Å². The summed E-state index contributed by atoms with van der Waals surface area (Å²) in [7, 11) is 1.74. The largest absolute Gasteiger partial charge is 0.394 e. The van der Waals surface area contributed by atoms with Crippen molar-refractivity contribution in [3.8, 4) is 17.0 Å². The second-order valence-electron chi connectivity index (χ2n) is 3.19. The first-order valence-electron chi connectivity index (χ1n) is 5.00. The number of nitrogens with zero attached hydrogens (tertiary/aromatic N) is 1. The molecule has 0 aliphatic carbocycles. The van der Waals surface area contributed by atoms with Crippen molar-refractivity contribution in [2.45, 2.75) is 0 Å². The zero-order valence-corrected chi connectivity index (χ0v) is 8.97. The molecule has 0 saturated carbocycles. The highest BCUT2D eigenvalue weighted by Gasteiger charge is 1.98. The fourth-order valence-electron chi connectivity index (χ4n) is 1.34. The van der Waals surface area contributed by atoms with E-state index in [9.17, 15) is 0 Å². The standard InChI is InChI=1S/C12H13N3O/c1-13-15-16-11-7-5-10(6-8-11)12-4-2-3-9-14-12/h2-9,13,15H,1H3. The Bertz CT molecular complexity index is 428. The molecule has 0 aliphatic rings. The van der Waals surface area contributed by atoms with Crippen molar-refractivity contribution in [1.82, 2.24) is 16.0 Å². The van der Waals surface area contributed by atoms with E-state index < -0.39 is 0 Å². The second kappa shape index (κ2) is 5.25. The summed E-state index contributed by atoms with van der Waals surface area (Å²) < 4.78 is 0. The number of hydrogen-bond acceptors (Lipinski definition) is 4. The lowest BCUT2D eigenvalue weighted by molar-refractivity contribution is 0.160. The van der Waals surface area contributed by atoms with Gasteiger partial charge in [0.05, 0.1) is 5.69 Å². The highest BCUT2D eigenvalue weighted by Crippen LogP contribution is 2.19. The summed E-state index contributed by atoms with van der Waals surface area (Å²) >= 11 is 0. The number of rotatable bonds is 4. The van der Waals surface area contributed by atoms with E-state index in [0.29, 0.717) is 0 Å².